The van der Waals surface area contributed by atoms with Gasteiger partial charge in [-0.1, -0.05) is 19.4 Å². The molecule has 4 nitrogen and oxygen atoms in total. The average molecular weight is 295 g/mol. The maximum atomic E-state index is 5.50. The SMILES string of the molecule is CCCNCCCCCc1ccc(OC)c(OC)c1OC. The summed E-state index contributed by atoms with van der Waals surface area (Å²) in [5.41, 5.74) is 1.18. The van der Waals surface area contributed by atoms with Crippen molar-refractivity contribution in [1.29, 1.82) is 0 Å². The molecule has 0 saturated heterocycles. The molecule has 0 heterocycles. The fourth-order valence-electron chi connectivity index (χ4n) is 2.40. The number of aryl methyl sites for hydroxylation is 1. The van der Waals surface area contributed by atoms with Crippen molar-refractivity contribution in [3.8, 4) is 17.2 Å². The summed E-state index contributed by atoms with van der Waals surface area (Å²) in [5.74, 6) is 2.19. The molecule has 0 atom stereocenters. The zero-order valence-corrected chi connectivity index (χ0v) is 13.8. The molecule has 21 heavy (non-hydrogen) atoms. The fourth-order valence-corrected chi connectivity index (χ4v) is 2.40. The van der Waals surface area contributed by atoms with Crippen LogP contribution in [-0.2, 0) is 6.42 Å². The van der Waals surface area contributed by atoms with Gasteiger partial charge in [-0.2, -0.15) is 0 Å². The van der Waals surface area contributed by atoms with Crippen molar-refractivity contribution in [2.24, 2.45) is 0 Å². The molecule has 0 aliphatic carbocycles. The van der Waals surface area contributed by atoms with Crippen LogP contribution in [0.4, 0.5) is 0 Å². The lowest BCUT2D eigenvalue weighted by molar-refractivity contribution is 0.322. The third-order valence-electron chi connectivity index (χ3n) is 3.51. The molecule has 1 N–H and O–H groups in total. The summed E-state index contributed by atoms with van der Waals surface area (Å²) in [4.78, 5) is 0. The Kier molecular flexibility index (Phi) is 8.67. The highest BCUT2D eigenvalue weighted by molar-refractivity contribution is 5.55. The Bertz CT molecular complexity index is 407. The van der Waals surface area contributed by atoms with E-state index in [2.05, 4.69) is 18.3 Å². The molecular formula is C17H29NO3. The van der Waals surface area contributed by atoms with Gasteiger partial charge in [-0.3, -0.25) is 0 Å². The molecule has 0 aromatic heterocycles. The summed E-state index contributed by atoms with van der Waals surface area (Å²) in [5, 5.41) is 3.43. The molecule has 0 unspecified atom stereocenters. The second kappa shape index (κ2) is 10.3. The van der Waals surface area contributed by atoms with E-state index in [9.17, 15) is 0 Å². The maximum Gasteiger partial charge on any atom is 0.203 e. The number of benzene rings is 1. The number of rotatable bonds is 11. The number of nitrogens with one attached hydrogen (secondary N) is 1. The number of hydrogen-bond acceptors (Lipinski definition) is 4. The van der Waals surface area contributed by atoms with Gasteiger partial charge < -0.3 is 19.5 Å². The van der Waals surface area contributed by atoms with E-state index in [4.69, 9.17) is 14.2 Å². The standard InChI is InChI=1S/C17H29NO3/c1-5-12-18-13-8-6-7-9-14-10-11-15(19-2)17(21-4)16(14)20-3/h10-11,18H,5-9,12-13H2,1-4H3. The molecule has 0 aliphatic rings. The Morgan fingerprint density at radius 1 is 0.857 bits per heavy atom. The van der Waals surface area contributed by atoms with Crippen LogP contribution in [0.5, 0.6) is 17.2 Å². The Hall–Kier alpha value is -1.42. The van der Waals surface area contributed by atoms with E-state index in [1.165, 1.54) is 24.8 Å². The summed E-state index contributed by atoms with van der Waals surface area (Å²) < 4.78 is 16.2. The largest absolute Gasteiger partial charge is 0.493 e. The van der Waals surface area contributed by atoms with E-state index in [0.29, 0.717) is 11.5 Å². The summed E-state index contributed by atoms with van der Waals surface area (Å²) in [6.45, 7) is 4.41. The van der Waals surface area contributed by atoms with Crippen molar-refractivity contribution in [3.05, 3.63) is 17.7 Å². The molecule has 0 saturated carbocycles. The lowest BCUT2D eigenvalue weighted by Crippen LogP contribution is -2.15. The van der Waals surface area contributed by atoms with Crippen molar-refractivity contribution >= 4 is 0 Å². The van der Waals surface area contributed by atoms with Crippen molar-refractivity contribution < 1.29 is 14.2 Å². The fraction of sp³-hybridized carbons (Fsp3) is 0.647. The zero-order chi connectivity index (χ0) is 15.5. The minimum atomic E-state index is 0.683. The second-order valence-electron chi connectivity index (χ2n) is 5.05. The van der Waals surface area contributed by atoms with Crippen LogP contribution in [0.1, 0.15) is 38.2 Å². The Balaban J connectivity index is 2.51. The molecule has 120 valence electrons. The monoisotopic (exact) mass is 295 g/mol. The Labute approximate surface area is 128 Å². The quantitative estimate of drug-likeness (QED) is 0.635. The smallest absolute Gasteiger partial charge is 0.203 e. The molecule has 0 radical (unpaired) electrons. The van der Waals surface area contributed by atoms with Crippen LogP contribution >= 0.6 is 0 Å². The minimum absolute atomic E-state index is 0.683. The summed E-state index contributed by atoms with van der Waals surface area (Å²) in [7, 11) is 4.96. The predicted octanol–water partition coefficient (Wildman–Crippen LogP) is 3.42. The van der Waals surface area contributed by atoms with E-state index < -0.39 is 0 Å². The van der Waals surface area contributed by atoms with Crippen LogP contribution in [0, 0.1) is 0 Å². The van der Waals surface area contributed by atoms with Crippen LogP contribution in [0.2, 0.25) is 0 Å². The van der Waals surface area contributed by atoms with Gasteiger partial charge in [-0.05, 0) is 50.4 Å². The van der Waals surface area contributed by atoms with E-state index >= 15 is 0 Å². The van der Waals surface area contributed by atoms with Crippen LogP contribution in [0.15, 0.2) is 12.1 Å². The third-order valence-corrected chi connectivity index (χ3v) is 3.51. The second-order valence-corrected chi connectivity index (χ2v) is 5.05. The van der Waals surface area contributed by atoms with E-state index in [1.807, 2.05) is 6.07 Å². The molecule has 0 spiro atoms. The maximum absolute atomic E-state index is 5.50. The van der Waals surface area contributed by atoms with Gasteiger partial charge in [0.1, 0.15) is 0 Å². The van der Waals surface area contributed by atoms with Crippen LogP contribution in [0.3, 0.4) is 0 Å². The highest BCUT2D eigenvalue weighted by Crippen LogP contribution is 2.40. The third kappa shape index (κ3) is 5.46. The lowest BCUT2D eigenvalue weighted by atomic mass is 10.0. The van der Waals surface area contributed by atoms with E-state index in [0.717, 1.165) is 31.7 Å². The molecule has 1 aromatic rings. The van der Waals surface area contributed by atoms with Crippen molar-refractivity contribution in [1.82, 2.24) is 5.32 Å². The number of ether oxygens (including phenoxy) is 3. The first-order valence-electron chi connectivity index (χ1n) is 7.77. The first kappa shape index (κ1) is 17.6. The molecule has 0 aliphatic heterocycles. The molecule has 0 bridgehead atoms. The van der Waals surface area contributed by atoms with Crippen LogP contribution in [0.25, 0.3) is 0 Å². The van der Waals surface area contributed by atoms with Crippen molar-refractivity contribution in [3.63, 3.8) is 0 Å². The average Bonchev–Trinajstić information content (AvgIpc) is 2.52. The minimum Gasteiger partial charge on any atom is -0.493 e. The summed E-state index contributed by atoms with van der Waals surface area (Å²) in [6, 6.07) is 4.01. The van der Waals surface area contributed by atoms with Gasteiger partial charge in [0.2, 0.25) is 5.75 Å². The molecule has 0 fully saturated rings. The number of hydrogen-bond donors (Lipinski definition) is 1. The molecular weight excluding hydrogens is 266 g/mol. The number of unbranched alkanes of at least 4 members (excludes halogenated alkanes) is 2. The van der Waals surface area contributed by atoms with Gasteiger partial charge >= 0.3 is 0 Å². The summed E-state index contributed by atoms with van der Waals surface area (Å²) in [6.07, 6.45) is 5.78. The van der Waals surface area contributed by atoms with E-state index in [-0.39, 0.29) is 0 Å². The highest BCUT2D eigenvalue weighted by atomic mass is 16.5. The van der Waals surface area contributed by atoms with Gasteiger partial charge in [-0.25, -0.2) is 0 Å². The normalized spacial score (nSPS) is 10.5. The van der Waals surface area contributed by atoms with Gasteiger partial charge in [0.25, 0.3) is 0 Å². The van der Waals surface area contributed by atoms with Gasteiger partial charge in [-0.15, -0.1) is 0 Å². The van der Waals surface area contributed by atoms with Crippen LogP contribution < -0.4 is 19.5 Å². The van der Waals surface area contributed by atoms with Crippen LogP contribution in [-0.4, -0.2) is 34.4 Å². The molecule has 0 amide bonds. The molecule has 1 rings (SSSR count). The number of methoxy groups -OCH3 is 3. The highest BCUT2D eigenvalue weighted by Gasteiger charge is 2.15. The Morgan fingerprint density at radius 2 is 1.62 bits per heavy atom. The topological polar surface area (TPSA) is 39.7 Å². The zero-order valence-electron chi connectivity index (χ0n) is 13.8. The first-order valence-corrected chi connectivity index (χ1v) is 7.77. The Morgan fingerprint density at radius 3 is 2.24 bits per heavy atom. The predicted molar refractivity (Wildman–Crippen MR) is 86.8 cm³/mol. The van der Waals surface area contributed by atoms with Gasteiger partial charge in [0, 0.05) is 0 Å². The van der Waals surface area contributed by atoms with E-state index in [1.54, 1.807) is 21.3 Å². The van der Waals surface area contributed by atoms with Crippen molar-refractivity contribution in [2.45, 2.75) is 39.0 Å². The van der Waals surface area contributed by atoms with Gasteiger partial charge in [0.15, 0.2) is 11.5 Å². The first-order chi connectivity index (χ1) is 10.3. The van der Waals surface area contributed by atoms with Gasteiger partial charge in [0.05, 0.1) is 21.3 Å². The van der Waals surface area contributed by atoms with Crippen molar-refractivity contribution in [2.75, 3.05) is 34.4 Å². The molecule has 4 heteroatoms. The molecule has 1 aromatic carbocycles. The summed E-state index contributed by atoms with van der Waals surface area (Å²) >= 11 is 0. The lowest BCUT2D eigenvalue weighted by Gasteiger charge is -2.15.